The Kier molecular flexibility index (Phi) is 3.91. The van der Waals surface area contributed by atoms with Gasteiger partial charge in [0.15, 0.2) is 0 Å². The van der Waals surface area contributed by atoms with Crippen LogP contribution in [0.2, 0.25) is 0 Å². The van der Waals surface area contributed by atoms with E-state index in [2.05, 4.69) is 28.6 Å². The molecule has 65 valence electrons. The second-order valence-electron chi connectivity index (χ2n) is 1.90. The van der Waals surface area contributed by atoms with Crippen molar-refractivity contribution in [1.29, 1.82) is 0 Å². The van der Waals surface area contributed by atoms with E-state index in [9.17, 15) is 8.42 Å². The van der Waals surface area contributed by atoms with Gasteiger partial charge in [0, 0.05) is 7.05 Å². The Hall–Kier alpha value is -0.200. The number of thiocarbonyl (C=S) groups is 1. The summed E-state index contributed by atoms with van der Waals surface area (Å²) in [4.78, 5) is 0.260. The molecule has 6 heteroatoms. The molecule has 0 aromatic carbocycles. The third-order valence-electron chi connectivity index (χ3n) is 0.830. The van der Waals surface area contributed by atoms with Crippen molar-refractivity contribution in [3.63, 3.8) is 0 Å². The summed E-state index contributed by atoms with van der Waals surface area (Å²) in [6, 6.07) is 0. The summed E-state index contributed by atoms with van der Waals surface area (Å²) in [5.74, 6) is 0. The minimum atomic E-state index is -3.47. The van der Waals surface area contributed by atoms with E-state index in [0.717, 1.165) is 6.26 Å². The molecule has 0 aliphatic carbocycles. The van der Waals surface area contributed by atoms with Crippen LogP contribution < -0.4 is 5.32 Å². The van der Waals surface area contributed by atoms with Crippen molar-refractivity contribution < 1.29 is 12.6 Å². The number of nitrogens with one attached hydrogen (secondary N) is 1. The van der Waals surface area contributed by atoms with Gasteiger partial charge in [0.2, 0.25) is 0 Å². The second-order valence-corrected chi connectivity index (χ2v) is 3.94. The van der Waals surface area contributed by atoms with Gasteiger partial charge in [0.25, 0.3) is 10.1 Å². The van der Waals surface area contributed by atoms with Gasteiger partial charge in [-0.25, -0.2) is 0 Å². The summed E-state index contributed by atoms with van der Waals surface area (Å²) in [6.07, 6.45) is 0.105. The summed E-state index contributed by atoms with van der Waals surface area (Å²) in [5, 5.41) is 2.57. The Labute approximate surface area is 72.1 Å². The number of hydrogen-bond donors (Lipinski definition) is 1. The zero-order valence-electron chi connectivity index (χ0n) is 6.33. The Morgan fingerprint density at radius 1 is 1.73 bits per heavy atom. The van der Waals surface area contributed by atoms with E-state index >= 15 is 0 Å². The fourth-order valence-electron chi connectivity index (χ4n) is 0.416. The van der Waals surface area contributed by atoms with Crippen LogP contribution in [-0.2, 0) is 14.3 Å². The van der Waals surface area contributed by atoms with Crippen LogP contribution in [-0.4, -0.2) is 32.8 Å². The average molecular weight is 196 g/mol. The fraction of sp³-hybridized carbons (Fsp3) is 0.600. The molecule has 0 aromatic rings. The van der Waals surface area contributed by atoms with Crippen molar-refractivity contribution in [3.8, 4) is 0 Å². The minimum Gasteiger partial charge on any atom is -0.381 e. The normalized spacial score (nSPS) is 14.1. The van der Waals surface area contributed by atoms with Crippen LogP contribution in [0.4, 0.5) is 0 Å². The Morgan fingerprint density at radius 3 is 2.45 bits per heavy atom. The Bertz CT molecular complexity index is 234. The van der Waals surface area contributed by atoms with Gasteiger partial charge in [-0.2, -0.15) is 8.42 Å². The molecule has 0 aliphatic rings. The van der Waals surface area contributed by atoms with E-state index in [4.69, 9.17) is 0 Å². The molecule has 0 fully saturated rings. The van der Waals surface area contributed by atoms with Crippen LogP contribution in [0, 0.1) is 6.92 Å². The van der Waals surface area contributed by atoms with Crippen molar-refractivity contribution in [2.24, 2.45) is 0 Å². The maximum absolute atomic E-state index is 10.5. The van der Waals surface area contributed by atoms with E-state index in [0.29, 0.717) is 0 Å². The summed E-state index contributed by atoms with van der Waals surface area (Å²) < 4.78 is 25.5. The summed E-state index contributed by atoms with van der Waals surface area (Å²) in [7, 11) is -1.89. The van der Waals surface area contributed by atoms with Gasteiger partial charge in [-0.3, -0.25) is 4.18 Å². The number of rotatable bonds is 3. The van der Waals surface area contributed by atoms with E-state index in [1.54, 1.807) is 7.05 Å². The zero-order chi connectivity index (χ0) is 9.07. The first-order valence-corrected chi connectivity index (χ1v) is 5.02. The highest BCUT2D eigenvalue weighted by Crippen LogP contribution is 1.96. The lowest BCUT2D eigenvalue weighted by Crippen LogP contribution is -2.31. The Morgan fingerprint density at radius 2 is 2.18 bits per heavy atom. The molecule has 0 saturated carbocycles. The minimum absolute atomic E-state index is 0.260. The lowest BCUT2D eigenvalue weighted by atomic mass is 10.4. The Balaban J connectivity index is 4.09. The fourth-order valence-corrected chi connectivity index (χ4v) is 1.04. The molecule has 0 aliphatic heterocycles. The third-order valence-corrected chi connectivity index (χ3v) is 1.88. The van der Waals surface area contributed by atoms with Gasteiger partial charge >= 0.3 is 0 Å². The first-order chi connectivity index (χ1) is 4.87. The van der Waals surface area contributed by atoms with Crippen LogP contribution in [0.25, 0.3) is 0 Å². The van der Waals surface area contributed by atoms with Gasteiger partial charge in [0.05, 0.1) is 6.26 Å². The zero-order valence-corrected chi connectivity index (χ0v) is 7.96. The van der Waals surface area contributed by atoms with E-state index in [1.807, 2.05) is 0 Å². The molecular formula is C5H10NO3S2. The SMILES string of the molecule is [CH2]C(OS(C)(=O)=O)C(=S)NC. The van der Waals surface area contributed by atoms with Crippen LogP contribution in [0.15, 0.2) is 0 Å². The van der Waals surface area contributed by atoms with Gasteiger partial charge < -0.3 is 5.32 Å². The van der Waals surface area contributed by atoms with Crippen LogP contribution in [0.5, 0.6) is 0 Å². The van der Waals surface area contributed by atoms with Gasteiger partial charge in [-0.15, -0.1) is 0 Å². The highest BCUT2D eigenvalue weighted by molar-refractivity contribution is 7.86. The molecule has 1 radical (unpaired) electrons. The van der Waals surface area contributed by atoms with Crippen LogP contribution >= 0.6 is 12.2 Å². The monoisotopic (exact) mass is 196 g/mol. The molecular weight excluding hydrogens is 186 g/mol. The van der Waals surface area contributed by atoms with Gasteiger partial charge in [-0.1, -0.05) is 12.2 Å². The molecule has 0 rings (SSSR count). The smallest absolute Gasteiger partial charge is 0.265 e. The highest BCUT2D eigenvalue weighted by Gasteiger charge is 2.13. The van der Waals surface area contributed by atoms with E-state index in [-0.39, 0.29) is 4.99 Å². The van der Waals surface area contributed by atoms with Crippen LogP contribution in [0.1, 0.15) is 0 Å². The maximum Gasteiger partial charge on any atom is 0.265 e. The van der Waals surface area contributed by atoms with Crippen molar-refractivity contribution in [3.05, 3.63) is 6.92 Å². The van der Waals surface area contributed by atoms with Gasteiger partial charge in [-0.05, 0) is 6.92 Å². The predicted molar refractivity (Wildman–Crippen MR) is 46.7 cm³/mol. The van der Waals surface area contributed by atoms with Gasteiger partial charge in [0.1, 0.15) is 11.1 Å². The van der Waals surface area contributed by atoms with Crippen LogP contribution in [0.3, 0.4) is 0 Å². The van der Waals surface area contributed by atoms with E-state index < -0.39 is 16.2 Å². The third kappa shape index (κ3) is 5.11. The molecule has 0 bridgehead atoms. The molecule has 0 aromatic heterocycles. The lowest BCUT2D eigenvalue weighted by molar-refractivity contribution is 0.315. The number of likely N-dealkylation sites (N-methyl/N-ethyl adjacent to an activating group) is 1. The maximum atomic E-state index is 10.5. The summed E-state index contributed by atoms with van der Waals surface area (Å²) >= 11 is 4.68. The van der Waals surface area contributed by atoms with Crippen molar-refractivity contribution in [2.45, 2.75) is 6.10 Å². The highest BCUT2D eigenvalue weighted by atomic mass is 32.2. The molecule has 11 heavy (non-hydrogen) atoms. The molecule has 0 spiro atoms. The van der Waals surface area contributed by atoms with Crippen molar-refractivity contribution in [1.82, 2.24) is 5.32 Å². The second kappa shape index (κ2) is 3.99. The molecule has 0 saturated heterocycles. The van der Waals surface area contributed by atoms with Crippen molar-refractivity contribution in [2.75, 3.05) is 13.3 Å². The molecule has 0 heterocycles. The largest absolute Gasteiger partial charge is 0.381 e. The molecule has 4 nitrogen and oxygen atoms in total. The first kappa shape index (κ1) is 10.8. The summed E-state index contributed by atoms with van der Waals surface area (Å²) in [6.45, 7) is 3.39. The number of hydrogen-bond acceptors (Lipinski definition) is 4. The molecule has 0 amide bonds. The molecule has 1 atom stereocenters. The summed E-state index contributed by atoms with van der Waals surface area (Å²) in [5.41, 5.74) is 0. The molecule has 1 N–H and O–H groups in total. The van der Waals surface area contributed by atoms with E-state index in [1.165, 1.54) is 0 Å². The quantitative estimate of drug-likeness (QED) is 0.496. The standard InChI is InChI=1S/C5H10NO3S2/c1-4(5(10)6-2)9-11(3,7)8/h4H,1H2,2-3H3,(H,6,10). The first-order valence-electron chi connectivity index (χ1n) is 2.79. The topological polar surface area (TPSA) is 55.4 Å². The average Bonchev–Trinajstić information content (AvgIpc) is 1.82. The predicted octanol–water partition coefficient (Wildman–Crippen LogP) is -0.288. The van der Waals surface area contributed by atoms with Crippen molar-refractivity contribution >= 4 is 27.3 Å². The molecule has 1 unspecified atom stereocenters. The lowest BCUT2D eigenvalue weighted by Gasteiger charge is -2.10.